The zero-order valence-electron chi connectivity index (χ0n) is 11.5. The van der Waals surface area contributed by atoms with Crippen LogP contribution in [0.1, 0.15) is 11.1 Å². The van der Waals surface area contributed by atoms with Crippen molar-refractivity contribution in [1.29, 1.82) is 0 Å². The van der Waals surface area contributed by atoms with Gasteiger partial charge in [0.05, 0.1) is 0 Å². The van der Waals surface area contributed by atoms with Gasteiger partial charge in [0.15, 0.2) is 0 Å². The molecule has 0 amide bonds. The molecule has 0 unspecified atom stereocenters. The van der Waals surface area contributed by atoms with Gasteiger partial charge in [0.1, 0.15) is 0 Å². The summed E-state index contributed by atoms with van der Waals surface area (Å²) < 4.78 is 0. The molecule has 0 aliphatic rings. The van der Waals surface area contributed by atoms with Crippen molar-refractivity contribution in [3.8, 4) is 11.1 Å². The summed E-state index contributed by atoms with van der Waals surface area (Å²) in [6, 6.07) is 13.0. The summed E-state index contributed by atoms with van der Waals surface area (Å²) in [4.78, 5) is 0. The number of aryl methyl sites for hydroxylation is 2. The van der Waals surface area contributed by atoms with Gasteiger partial charge in [-0.05, 0) is 60.4 Å². The Labute approximate surface area is 109 Å². The third kappa shape index (κ3) is 2.33. The fourth-order valence-corrected chi connectivity index (χ4v) is 2.24. The molecule has 0 fully saturated rings. The molecular weight excluding hydrogens is 220 g/mol. The molecule has 2 aromatic rings. The lowest BCUT2D eigenvalue weighted by molar-refractivity contribution is 1.38. The minimum atomic E-state index is 1.15. The van der Waals surface area contributed by atoms with E-state index in [0.717, 1.165) is 11.4 Å². The average molecular weight is 240 g/mol. The largest absolute Gasteiger partial charge is 0.388 e. The first kappa shape index (κ1) is 12.5. The third-order valence-corrected chi connectivity index (χ3v) is 3.32. The minimum Gasteiger partial charge on any atom is -0.388 e. The molecule has 18 heavy (non-hydrogen) atoms. The maximum absolute atomic E-state index is 3.17. The van der Waals surface area contributed by atoms with Gasteiger partial charge in [0.2, 0.25) is 0 Å². The van der Waals surface area contributed by atoms with Crippen molar-refractivity contribution in [2.24, 2.45) is 0 Å². The quantitative estimate of drug-likeness (QED) is 0.845. The van der Waals surface area contributed by atoms with E-state index in [1.54, 1.807) is 0 Å². The third-order valence-electron chi connectivity index (χ3n) is 3.32. The van der Waals surface area contributed by atoms with Gasteiger partial charge in [-0.2, -0.15) is 0 Å². The van der Waals surface area contributed by atoms with Gasteiger partial charge in [-0.1, -0.05) is 12.1 Å². The first-order chi connectivity index (χ1) is 8.65. The number of anilines is 2. The predicted molar refractivity (Wildman–Crippen MR) is 80.4 cm³/mol. The highest BCUT2D eigenvalue weighted by molar-refractivity contribution is 5.74. The highest BCUT2D eigenvalue weighted by atomic mass is 14.8. The highest BCUT2D eigenvalue weighted by Gasteiger charge is 2.06. The van der Waals surface area contributed by atoms with Crippen LogP contribution in [0.4, 0.5) is 11.4 Å². The van der Waals surface area contributed by atoms with Gasteiger partial charge in [-0.3, -0.25) is 0 Å². The zero-order chi connectivity index (χ0) is 13.1. The van der Waals surface area contributed by atoms with Crippen molar-refractivity contribution < 1.29 is 0 Å². The molecule has 0 aromatic heterocycles. The Kier molecular flexibility index (Phi) is 3.56. The molecule has 0 spiro atoms. The first-order valence-electron chi connectivity index (χ1n) is 6.23. The van der Waals surface area contributed by atoms with Crippen molar-refractivity contribution >= 4 is 11.4 Å². The van der Waals surface area contributed by atoms with Gasteiger partial charge in [0, 0.05) is 25.5 Å². The normalized spacial score (nSPS) is 10.2. The van der Waals surface area contributed by atoms with Crippen LogP contribution in [0.15, 0.2) is 36.4 Å². The average Bonchev–Trinajstić information content (AvgIpc) is 2.39. The summed E-state index contributed by atoms with van der Waals surface area (Å²) in [6.07, 6.45) is 0. The summed E-state index contributed by atoms with van der Waals surface area (Å²) in [5.74, 6) is 0. The number of hydrogen-bond donors (Lipinski definition) is 2. The van der Waals surface area contributed by atoms with Crippen molar-refractivity contribution in [2.45, 2.75) is 13.8 Å². The minimum absolute atomic E-state index is 1.15. The Balaban J connectivity index is 2.48. The van der Waals surface area contributed by atoms with Gasteiger partial charge < -0.3 is 10.6 Å². The second kappa shape index (κ2) is 5.13. The molecule has 0 saturated carbocycles. The molecule has 0 atom stereocenters. The maximum Gasteiger partial charge on any atom is 0.0340 e. The summed E-state index contributed by atoms with van der Waals surface area (Å²) in [5.41, 5.74) is 7.49. The number of benzene rings is 2. The van der Waals surface area contributed by atoms with E-state index >= 15 is 0 Å². The molecule has 2 heteroatoms. The van der Waals surface area contributed by atoms with Crippen molar-refractivity contribution in [2.75, 3.05) is 24.7 Å². The Bertz CT molecular complexity index is 508. The topological polar surface area (TPSA) is 24.1 Å². The highest BCUT2D eigenvalue weighted by Crippen LogP contribution is 2.30. The molecule has 2 N–H and O–H groups in total. The van der Waals surface area contributed by atoms with E-state index in [1.165, 1.54) is 22.3 Å². The fraction of sp³-hybridized carbons (Fsp3) is 0.250. The summed E-state index contributed by atoms with van der Waals surface area (Å²) in [5, 5.41) is 6.34. The standard InChI is InChI=1S/C16H20N2/c1-11-9-13(17-3)5-7-15(11)16-8-6-14(18-4)10-12(16)2/h5-10,17-18H,1-4H3. The van der Waals surface area contributed by atoms with Gasteiger partial charge in [-0.25, -0.2) is 0 Å². The van der Waals surface area contributed by atoms with Crippen LogP contribution in [-0.2, 0) is 0 Å². The molecular formula is C16H20N2. The Hall–Kier alpha value is -1.96. The lowest BCUT2D eigenvalue weighted by Gasteiger charge is -2.12. The fourth-order valence-electron chi connectivity index (χ4n) is 2.24. The second-order valence-corrected chi connectivity index (χ2v) is 4.56. The van der Waals surface area contributed by atoms with E-state index < -0.39 is 0 Å². The van der Waals surface area contributed by atoms with E-state index in [2.05, 4.69) is 60.9 Å². The second-order valence-electron chi connectivity index (χ2n) is 4.56. The van der Waals surface area contributed by atoms with Crippen LogP contribution < -0.4 is 10.6 Å². The Morgan fingerprint density at radius 1 is 0.667 bits per heavy atom. The molecule has 0 radical (unpaired) electrons. The lowest BCUT2D eigenvalue weighted by Crippen LogP contribution is -1.93. The van der Waals surface area contributed by atoms with Crippen LogP contribution in [0.2, 0.25) is 0 Å². The van der Waals surface area contributed by atoms with E-state index in [9.17, 15) is 0 Å². The van der Waals surface area contributed by atoms with Crippen molar-refractivity contribution in [1.82, 2.24) is 0 Å². The molecule has 0 bridgehead atoms. The molecule has 0 heterocycles. The monoisotopic (exact) mass is 240 g/mol. The van der Waals surface area contributed by atoms with Crippen molar-refractivity contribution in [3.05, 3.63) is 47.5 Å². The summed E-state index contributed by atoms with van der Waals surface area (Å²) >= 11 is 0. The van der Waals surface area contributed by atoms with Crippen LogP contribution in [0.25, 0.3) is 11.1 Å². The summed E-state index contributed by atoms with van der Waals surface area (Å²) in [7, 11) is 3.89. The molecule has 2 aromatic carbocycles. The predicted octanol–water partition coefficient (Wildman–Crippen LogP) is 4.05. The molecule has 2 rings (SSSR count). The van der Waals surface area contributed by atoms with E-state index in [0.29, 0.717) is 0 Å². The van der Waals surface area contributed by atoms with Crippen LogP contribution in [0.3, 0.4) is 0 Å². The maximum atomic E-state index is 3.17. The van der Waals surface area contributed by atoms with E-state index in [4.69, 9.17) is 0 Å². The van der Waals surface area contributed by atoms with Gasteiger partial charge in [0.25, 0.3) is 0 Å². The molecule has 0 aliphatic carbocycles. The van der Waals surface area contributed by atoms with E-state index in [-0.39, 0.29) is 0 Å². The number of hydrogen-bond acceptors (Lipinski definition) is 2. The Morgan fingerprint density at radius 3 is 1.33 bits per heavy atom. The van der Waals surface area contributed by atoms with Gasteiger partial charge in [-0.15, -0.1) is 0 Å². The van der Waals surface area contributed by atoms with Crippen molar-refractivity contribution in [3.63, 3.8) is 0 Å². The lowest BCUT2D eigenvalue weighted by atomic mass is 9.96. The van der Waals surface area contributed by atoms with E-state index in [1.807, 2.05) is 14.1 Å². The van der Waals surface area contributed by atoms with Crippen LogP contribution in [0, 0.1) is 13.8 Å². The van der Waals surface area contributed by atoms with Gasteiger partial charge >= 0.3 is 0 Å². The van der Waals surface area contributed by atoms with Crippen LogP contribution in [-0.4, -0.2) is 14.1 Å². The Morgan fingerprint density at radius 2 is 1.06 bits per heavy atom. The first-order valence-corrected chi connectivity index (χ1v) is 6.23. The number of rotatable bonds is 3. The van der Waals surface area contributed by atoms with Crippen LogP contribution >= 0.6 is 0 Å². The SMILES string of the molecule is CNc1ccc(-c2ccc(NC)cc2C)c(C)c1. The molecule has 2 nitrogen and oxygen atoms in total. The summed E-state index contributed by atoms with van der Waals surface area (Å²) in [6.45, 7) is 4.31. The molecule has 0 aliphatic heterocycles. The smallest absolute Gasteiger partial charge is 0.0340 e. The molecule has 0 saturated heterocycles. The zero-order valence-corrected chi connectivity index (χ0v) is 11.5. The number of nitrogens with one attached hydrogen (secondary N) is 2. The van der Waals surface area contributed by atoms with Crippen LogP contribution in [0.5, 0.6) is 0 Å². The molecule has 94 valence electrons.